The molecule has 0 unspecified atom stereocenters. The van der Waals surface area contributed by atoms with Gasteiger partial charge in [-0.15, -0.1) is 0 Å². The summed E-state index contributed by atoms with van der Waals surface area (Å²) in [7, 11) is 0. The molecule has 0 saturated carbocycles. The molecule has 0 aromatic carbocycles. The third-order valence-corrected chi connectivity index (χ3v) is 3.34. The van der Waals surface area contributed by atoms with Crippen LogP contribution >= 0.6 is 0 Å². The maximum Gasteiger partial charge on any atom is 0.258 e. The Kier molecular flexibility index (Phi) is 4.12. The molecule has 0 aliphatic heterocycles. The van der Waals surface area contributed by atoms with Crippen molar-refractivity contribution in [1.29, 1.82) is 0 Å². The van der Waals surface area contributed by atoms with Gasteiger partial charge in [-0.05, 0) is 13.3 Å². The van der Waals surface area contributed by atoms with E-state index in [2.05, 4.69) is 0 Å². The number of alkyl halides is 4. The van der Waals surface area contributed by atoms with Gasteiger partial charge in [0.2, 0.25) is 5.92 Å². The van der Waals surface area contributed by atoms with Crippen LogP contribution in [0.3, 0.4) is 0 Å². The van der Waals surface area contributed by atoms with Crippen molar-refractivity contribution in [2.75, 3.05) is 0 Å². The summed E-state index contributed by atoms with van der Waals surface area (Å²) in [6.45, 7) is 7.59. The SMILES string of the molecule is CCC(C)(C)C(F)(F)C(C)(C)CC(C)(F)F. The highest BCUT2D eigenvalue weighted by molar-refractivity contribution is 4.97. The largest absolute Gasteiger partial charge is 0.258 e. The fraction of sp³-hybridized carbons (Fsp3) is 1.00. The Morgan fingerprint density at radius 2 is 1.12 bits per heavy atom. The lowest BCUT2D eigenvalue weighted by molar-refractivity contribution is -0.208. The lowest BCUT2D eigenvalue weighted by Gasteiger charge is -2.45. The summed E-state index contributed by atoms with van der Waals surface area (Å²) in [5.41, 5.74) is -2.99. The number of hydrogen-bond donors (Lipinski definition) is 0. The second-order valence-corrected chi connectivity index (χ2v) is 5.94. The van der Waals surface area contributed by atoms with Crippen molar-refractivity contribution < 1.29 is 17.6 Å². The van der Waals surface area contributed by atoms with Gasteiger partial charge in [-0.1, -0.05) is 34.6 Å². The molecular formula is C12H22F4. The van der Waals surface area contributed by atoms with Crippen LogP contribution in [0.15, 0.2) is 0 Å². The van der Waals surface area contributed by atoms with Crippen molar-refractivity contribution in [2.45, 2.75) is 66.2 Å². The second-order valence-electron chi connectivity index (χ2n) is 5.94. The lowest BCUT2D eigenvalue weighted by atomic mass is 9.67. The molecule has 16 heavy (non-hydrogen) atoms. The second kappa shape index (κ2) is 4.19. The minimum absolute atomic E-state index is 0.249. The molecule has 0 radical (unpaired) electrons. The van der Waals surface area contributed by atoms with Crippen molar-refractivity contribution in [3.05, 3.63) is 0 Å². The average molecular weight is 242 g/mol. The molecule has 0 aromatic heterocycles. The molecule has 0 atom stereocenters. The summed E-state index contributed by atoms with van der Waals surface area (Å²) >= 11 is 0. The Labute approximate surface area is 95.4 Å². The molecule has 0 aliphatic carbocycles. The van der Waals surface area contributed by atoms with Crippen molar-refractivity contribution >= 4 is 0 Å². The zero-order valence-corrected chi connectivity index (χ0v) is 10.9. The maximum absolute atomic E-state index is 14.2. The van der Waals surface area contributed by atoms with Gasteiger partial charge in [-0.3, -0.25) is 0 Å². The summed E-state index contributed by atoms with van der Waals surface area (Å²) in [5, 5.41) is 0. The molecule has 0 amide bonds. The smallest absolute Gasteiger partial charge is 0.207 e. The van der Waals surface area contributed by atoms with Crippen molar-refractivity contribution in [2.24, 2.45) is 10.8 Å². The average Bonchev–Trinajstić information content (AvgIpc) is 1.99. The first kappa shape index (κ1) is 15.7. The highest BCUT2D eigenvalue weighted by atomic mass is 19.3. The van der Waals surface area contributed by atoms with Gasteiger partial charge in [-0.2, -0.15) is 0 Å². The first-order chi connectivity index (χ1) is 6.77. The van der Waals surface area contributed by atoms with Crippen LogP contribution in [0, 0.1) is 10.8 Å². The van der Waals surface area contributed by atoms with Crippen LogP contribution in [0.1, 0.15) is 54.4 Å². The van der Waals surface area contributed by atoms with Crippen molar-refractivity contribution in [1.82, 2.24) is 0 Å². The lowest BCUT2D eigenvalue weighted by Crippen LogP contribution is -2.50. The molecule has 0 saturated heterocycles. The van der Waals surface area contributed by atoms with Gasteiger partial charge in [-0.25, -0.2) is 17.6 Å². The molecule has 0 aliphatic rings. The molecule has 0 spiro atoms. The zero-order chi connectivity index (χ0) is 13.4. The van der Waals surface area contributed by atoms with Gasteiger partial charge < -0.3 is 0 Å². The minimum atomic E-state index is -3.13. The van der Waals surface area contributed by atoms with E-state index in [0.717, 1.165) is 0 Å². The molecule has 98 valence electrons. The van der Waals surface area contributed by atoms with Crippen LogP contribution in [0.2, 0.25) is 0 Å². The quantitative estimate of drug-likeness (QED) is 0.586. The highest BCUT2D eigenvalue weighted by Crippen LogP contribution is 2.53. The van der Waals surface area contributed by atoms with Crippen LogP contribution in [0.25, 0.3) is 0 Å². The predicted octanol–water partition coefficient (Wildman–Crippen LogP) is 5.13. The topological polar surface area (TPSA) is 0 Å². The molecule has 0 bridgehead atoms. The van der Waals surface area contributed by atoms with Crippen molar-refractivity contribution in [3.8, 4) is 0 Å². The van der Waals surface area contributed by atoms with Crippen LogP contribution in [-0.4, -0.2) is 11.8 Å². The van der Waals surface area contributed by atoms with Gasteiger partial charge in [0.25, 0.3) is 5.92 Å². The fourth-order valence-electron chi connectivity index (χ4n) is 2.03. The van der Waals surface area contributed by atoms with E-state index >= 15 is 0 Å². The van der Waals surface area contributed by atoms with E-state index < -0.39 is 29.1 Å². The predicted molar refractivity (Wildman–Crippen MR) is 58.0 cm³/mol. The highest BCUT2D eigenvalue weighted by Gasteiger charge is 2.58. The van der Waals surface area contributed by atoms with E-state index in [4.69, 9.17) is 0 Å². The normalized spacial score (nSPS) is 15.4. The summed E-state index contributed by atoms with van der Waals surface area (Å²) in [6, 6.07) is 0. The monoisotopic (exact) mass is 242 g/mol. The van der Waals surface area contributed by atoms with Gasteiger partial charge in [0, 0.05) is 17.3 Å². The number of rotatable bonds is 5. The van der Waals surface area contributed by atoms with Crippen LogP contribution in [0.5, 0.6) is 0 Å². The summed E-state index contributed by atoms with van der Waals surface area (Å²) < 4.78 is 54.2. The third-order valence-electron chi connectivity index (χ3n) is 3.34. The van der Waals surface area contributed by atoms with Gasteiger partial charge in [0.1, 0.15) is 0 Å². The first-order valence-electron chi connectivity index (χ1n) is 5.52. The van der Waals surface area contributed by atoms with Gasteiger partial charge in [0.05, 0.1) is 0 Å². The summed E-state index contributed by atoms with van der Waals surface area (Å²) in [6.07, 6.45) is -0.560. The minimum Gasteiger partial charge on any atom is -0.207 e. The Morgan fingerprint density at radius 1 is 0.750 bits per heavy atom. The molecular weight excluding hydrogens is 220 g/mol. The van der Waals surface area contributed by atoms with E-state index in [1.807, 2.05) is 0 Å². The van der Waals surface area contributed by atoms with Gasteiger partial charge in [0.15, 0.2) is 0 Å². The zero-order valence-electron chi connectivity index (χ0n) is 10.9. The first-order valence-corrected chi connectivity index (χ1v) is 5.52. The summed E-state index contributed by atoms with van der Waals surface area (Å²) in [5.74, 6) is -6.20. The Balaban J connectivity index is 5.14. The molecule has 0 N–H and O–H groups in total. The van der Waals surface area contributed by atoms with E-state index in [0.29, 0.717) is 6.92 Å². The van der Waals surface area contributed by atoms with E-state index in [1.54, 1.807) is 6.92 Å². The number of halogens is 4. The van der Waals surface area contributed by atoms with Crippen LogP contribution in [-0.2, 0) is 0 Å². The molecule has 0 heterocycles. The fourth-order valence-corrected chi connectivity index (χ4v) is 2.03. The third kappa shape index (κ3) is 3.11. The van der Waals surface area contributed by atoms with Crippen LogP contribution < -0.4 is 0 Å². The Bertz CT molecular complexity index is 236. The molecule has 0 rings (SSSR count). The molecule has 0 aromatic rings. The van der Waals surface area contributed by atoms with Gasteiger partial charge >= 0.3 is 0 Å². The molecule has 0 fully saturated rings. The Morgan fingerprint density at radius 3 is 1.38 bits per heavy atom. The maximum atomic E-state index is 14.2. The Hall–Kier alpha value is -0.280. The number of hydrogen-bond acceptors (Lipinski definition) is 0. The standard InChI is InChI=1S/C12H22F4/c1-7-9(2,3)12(15,16)10(4,5)8-11(6,13)14/h7-8H2,1-6H3. The van der Waals surface area contributed by atoms with E-state index in [-0.39, 0.29) is 6.42 Å². The van der Waals surface area contributed by atoms with E-state index in [9.17, 15) is 17.6 Å². The van der Waals surface area contributed by atoms with E-state index in [1.165, 1.54) is 27.7 Å². The summed E-state index contributed by atoms with van der Waals surface area (Å²) in [4.78, 5) is 0. The molecule has 0 nitrogen and oxygen atoms in total. The van der Waals surface area contributed by atoms with Crippen LogP contribution in [0.4, 0.5) is 17.6 Å². The molecule has 4 heteroatoms. The van der Waals surface area contributed by atoms with Crippen molar-refractivity contribution in [3.63, 3.8) is 0 Å².